The summed E-state index contributed by atoms with van der Waals surface area (Å²) >= 11 is 6.00. The number of fused-ring (bicyclic) bond motifs is 2. The maximum Gasteiger partial charge on any atom is 0.131 e. The third kappa shape index (κ3) is 2.32. The minimum atomic E-state index is -0.0907. The summed E-state index contributed by atoms with van der Waals surface area (Å²) in [4.78, 5) is 0. The van der Waals surface area contributed by atoms with Gasteiger partial charge in [-0.1, -0.05) is 61.8 Å². The van der Waals surface area contributed by atoms with E-state index < -0.39 is 0 Å². The molecule has 114 valence electrons. The molecule has 1 heterocycles. The van der Waals surface area contributed by atoms with Crippen LogP contribution in [0.15, 0.2) is 66.7 Å². The van der Waals surface area contributed by atoms with Crippen LogP contribution in [0.3, 0.4) is 0 Å². The molecule has 1 aliphatic rings. The Balaban J connectivity index is 1.86. The zero-order valence-electron chi connectivity index (χ0n) is 13.1. The molecule has 0 saturated carbocycles. The van der Waals surface area contributed by atoms with Gasteiger partial charge in [-0.05, 0) is 41.5 Å². The van der Waals surface area contributed by atoms with E-state index in [1.807, 2.05) is 24.3 Å². The van der Waals surface area contributed by atoms with Crippen LogP contribution >= 0.6 is 11.6 Å². The maximum atomic E-state index is 6.10. The molecule has 0 bridgehead atoms. The number of benzene rings is 3. The molecule has 0 spiro atoms. The predicted octanol–water partition coefficient (Wildman–Crippen LogP) is 6.44. The Kier molecular flexibility index (Phi) is 3.21. The highest BCUT2D eigenvalue weighted by atomic mass is 35.5. The average molecular weight is 321 g/mol. The molecule has 1 aliphatic heterocycles. The van der Waals surface area contributed by atoms with Crippen molar-refractivity contribution in [1.29, 1.82) is 0 Å². The van der Waals surface area contributed by atoms with Gasteiger partial charge >= 0.3 is 0 Å². The Labute approximate surface area is 141 Å². The van der Waals surface area contributed by atoms with Gasteiger partial charge in [0.15, 0.2) is 0 Å². The van der Waals surface area contributed by atoms with Crippen molar-refractivity contribution in [3.8, 4) is 22.6 Å². The molecule has 1 nitrogen and oxygen atoms in total. The Hall–Kier alpha value is -2.25. The highest BCUT2D eigenvalue weighted by Crippen LogP contribution is 2.48. The van der Waals surface area contributed by atoms with Crippen LogP contribution in [0.4, 0.5) is 0 Å². The van der Waals surface area contributed by atoms with Gasteiger partial charge in [0.25, 0.3) is 0 Å². The van der Waals surface area contributed by atoms with Gasteiger partial charge in [-0.2, -0.15) is 0 Å². The first-order valence-corrected chi connectivity index (χ1v) is 8.11. The third-order valence-corrected chi connectivity index (χ3v) is 4.86. The van der Waals surface area contributed by atoms with Crippen LogP contribution in [0.25, 0.3) is 11.1 Å². The highest BCUT2D eigenvalue weighted by molar-refractivity contribution is 6.30. The van der Waals surface area contributed by atoms with E-state index in [1.54, 1.807) is 0 Å². The largest absolute Gasteiger partial charge is 0.457 e. The first-order valence-electron chi connectivity index (χ1n) is 7.73. The van der Waals surface area contributed by atoms with Crippen molar-refractivity contribution in [2.24, 2.45) is 0 Å². The van der Waals surface area contributed by atoms with Crippen LogP contribution in [0.2, 0.25) is 5.02 Å². The lowest BCUT2D eigenvalue weighted by molar-refractivity contribution is 0.418. The minimum absolute atomic E-state index is 0.0907. The van der Waals surface area contributed by atoms with Gasteiger partial charge in [-0.25, -0.2) is 0 Å². The molecular formula is C21H17ClO. The van der Waals surface area contributed by atoms with E-state index in [0.717, 1.165) is 22.1 Å². The van der Waals surface area contributed by atoms with E-state index in [2.05, 4.69) is 56.3 Å². The lowest BCUT2D eigenvalue weighted by Crippen LogP contribution is -2.24. The molecule has 4 rings (SSSR count). The first kappa shape index (κ1) is 14.3. The fourth-order valence-electron chi connectivity index (χ4n) is 3.26. The quantitative estimate of drug-likeness (QED) is 0.501. The molecule has 2 heteroatoms. The molecule has 0 unspecified atom stereocenters. The van der Waals surface area contributed by atoms with E-state index in [9.17, 15) is 0 Å². The molecule has 0 radical (unpaired) electrons. The fraction of sp³-hybridized carbons (Fsp3) is 0.143. The molecule has 0 saturated heterocycles. The molecule has 0 atom stereocenters. The Morgan fingerprint density at radius 2 is 1.39 bits per heavy atom. The van der Waals surface area contributed by atoms with Gasteiger partial charge in [0.1, 0.15) is 11.5 Å². The fourth-order valence-corrected chi connectivity index (χ4v) is 3.39. The molecule has 0 aliphatic carbocycles. The van der Waals surface area contributed by atoms with E-state index in [-0.39, 0.29) is 5.41 Å². The summed E-state index contributed by atoms with van der Waals surface area (Å²) < 4.78 is 6.10. The van der Waals surface area contributed by atoms with Crippen LogP contribution in [0.1, 0.15) is 25.0 Å². The summed E-state index contributed by atoms with van der Waals surface area (Å²) in [6.45, 7) is 4.50. The number of rotatable bonds is 1. The number of halogens is 1. The standard InChI is InChI=1S/C21H17ClO/c1-21(2)17-5-3-4-6-19(17)23-20-12-9-15(13-18(20)21)14-7-10-16(22)11-8-14/h3-13H,1-2H3. The number of hydrogen-bond donors (Lipinski definition) is 0. The van der Waals surface area contributed by atoms with Gasteiger partial charge in [0, 0.05) is 21.6 Å². The second-order valence-electron chi connectivity index (χ2n) is 6.44. The molecule has 0 N–H and O–H groups in total. The van der Waals surface area contributed by atoms with E-state index >= 15 is 0 Å². The highest BCUT2D eigenvalue weighted by Gasteiger charge is 2.34. The van der Waals surface area contributed by atoms with Crippen LogP contribution in [0, 0.1) is 0 Å². The summed E-state index contributed by atoms with van der Waals surface area (Å²) in [5.41, 5.74) is 4.68. The average Bonchev–Trinajstić information content (AvgIpc) is 2.56. The second kappa shape index (κ2) is 5.14. The molecule has 3 aromatic rings. The van der Waals surface area contributed by atoms with Crippen LogP contribution < -0.4 is 4.74 Å². The SMILES string of the molecule is CC1(C)c2ccccc2Oc2ccc(-c3ccc(Cl)cc3)cc21. The van der Waals surface area contributed by atoms with Crippen LogP contribution in [0.5, 0.6) is 11.5 Å². The van der Waals surface area contributed by atoms with Crippen molar-refractivity contribution in [1.82, 2.24) is 0 Å². The van der Waals surface area contributed by atoms with Crippen molar-refractivity contribution < 1.29 is 4.74 Å². The summed E-state index contributed by atoms with van der Waals surface area (Å²) in [6.07, 6.45) is 0. The van der Waals surface area contributed by atoms with Crippen LogP contribution in [-0.2, 0) is 5.41 Å². The Morgan fingerprint density at radius 1 is 0.739 bits per heavy atom. The van der Waals surface area contributed by atoms with Gasteiger partial charge < -0.3 is 4.74 Å². The zero-order valence-corrected chi connectivity index (χ0v) is 13.9. The molecule has 3 aromatic carbocycles. The number of para-hydroxylation sites is 1. The Morgan fingerprint density at radius 3 is 2.17 bits per heavy atom. The summed E-state index contributed by atoms with van der Waals surface area (Å²) in [5, 5.41) is 0.754. The first-order chi connectivity index (χ1) is 11.1. The predicted molar refractivity (Wildman–Crippen MR) is 95.5 cm³/mol. The number of hydrogen-bond acceptors (Lipinski definition) is 1. The minimum Gasteiger partial charge on any atom is -0.457 e. The lowest BCUT2D eigenvalue weighted by Gasteiger charge is -2.34. The molecule has 0 amide bonds. The van der Waals surface area contributed by atoms with Crippen LogP contribution in [-0.4, -0.2) is 0 Å². The van der Waals surface area contributed by atoms with E-state index in [4.69, 9.17) is 16.3 Å². The summed E-state index contributed by atoms with van der Waals surface area (Å²) in [6, 6.07) is 22.6. The molecule has 0 aromatic heterocycles. The van der Waals surface area contributed by atoms with Crippen molar-refractivity contribution in [3.63, 3.8) is 0 Å². The molecule has 23 heavy (non-hydrogen) atoms. The van der Waals surface area contributed by atoms with Gasteiger partial charge in [-0.3, -0.25) is 0 Å². The topological polar surface area (TPSA) is 9.23 Å². The van der Waals surface area contributed by atoms with Gasteiger partial charge in [0.2, 0.25) is 0 Å². The van der Waals surface area contributed by atoms with Crippen molar-refractivity contribution in [2.75, 3.05) is 0 Å². The van der Waals surface area contributed by atoms with Crippen molar-refractivity contribution in [2.45, 2.75) is 19.3 Å². The zero-order chi connectivity index (χ0) is 16.0. The van der Waals surface area contributed by atoms with Gasteiger partial charge in [0.05, 0.1) is 0 Å². The Bertz CT molecular complexity index is 879. The molecule has 0 fully saturated rings. The van der Waals surface area contributed by atoms with Crippen molar-refractivity contribution >= 4 is 11.6 Å². The van der Waals surface area contributed by atoms with Gasteiger partial charge in [-0.15, -0.1) is 0 Å². The smallest absolute Gasteiger partial charge is 0.131 e. The monoisotopic (exact) mass is 320 g/mol. The second-order valence-corrected chi connectivity index (χ2v) is 6.88. The summed E-state index contributed by atoms with van der Waals surface area (Å²) in [5.74, 6) is 1.88. The maximum absolute atomic E-state index is 6.10. The number of ether oxygens (including phenoxy) is 1. The lowest BCUT2D eigenvalue weighted by atomic mass is 9.75. The normalized spacial score (nSPS) is 14.6. The van der Waals surface area contributed by atoms with E-state index in [0.29, 0.717) is 0 Å². The summed E-state index contributed by atoms with van der Waals surface area (Å²) in [7, 11) is 0. The van der Waals surface area contributed by atoms with E-state index in [1.165, 1.54) is 16.7 Å². The van der Waals surface area contributed by atoms with Crippen molar-refractivity contribution in [3.05, 3.63) is 82.9 Å². The third-order valence-electron chi connectivity index (χ3n) is 4.61. The molecular weight excluding hydrogens is 304 g/mol.